The Labute approximate surface area is 147 Å². The van der Waals surface area contributed by atoms with E-state index in [2.05, 4.69) is 15.9 Å². The van der Waals surface area contributed by atoms with Gasteiger partial charge in [-0.3, -0.25) is 4.79 Å². The fourth-order valence-electron chi connectivity index (χ4n) is 2.27. The largest absolute Gasteiger partial charge is 0.463 e. The van der Waals surface area contributed by atoms with Gasteiger partial charge in [-0.05, 0) is 24.3 Å². The lowest BCUT2D eigenvalue weighted by atomic mass is 10.0. The van der Waals surface area contributed by atoms with E-state index in [9.17, 15) is 28.5 Å². The van der Waals surface area contributed by atoms with Gasteiger partial charge in [0.15, 0.2) is 5.44 Å². The summed E-state index contributed by atoms with van der Waals surface area (Å²) >= 11 is 3.18. The second kappa shape index (κ2) is 7.46. The van der Waals surface area contributed by atoms with Crippen LogP contribution in [0.15, 0.2) is 33.6 Å². The molecule has 2 rings (SSSR count). The summed E-state index contributed by atoms with van der Waals surface area (Å²) in [5.41, 5.74) is -1.81. The normalized spacial score (nSPS) is 30.8. The molecule has 0 saturated carbocycles. The van der Waals surface area contributed by atoms with Gasteiger partial charge >= 0.3 is 5.97 Å². The molecule has 1 aliphatic heterocycles. The van der Waals surface area contributed by atoms with Crippen LogP contribution >= 0.6 is 15.9 Å². The van der Waals surface area contributed by atoms with Crippen LogP contribution in [0.3, 0.4) is 0 Å². The number of aliphatic hydroxyl groups excluding tert-OH is 3. The van der Waals surface area contributed by atoms with Crippen molar-refractivity contribution in [2.45, 2.75) is 41.7 Å². The Kier molecular flexibility index (Phi) is 6.00. The minimum absolute atomic E-state index is 0.121. The van der Waals surface area contributed by atoms with Crippen molar-refractivity contribution in [2.75, 3.05) is 6.61 Å². The number of hydrogen-bond acceptors (Lipinski definition) is 8. The molecule has 8 nitrogen and oxygen atoms in total. The highest BCUT2D eigenvalue weighted by molar-refractivity contribution is 9.10. The van der Waals surface area contributed by atoms with E-state index >= 15 is 0 Å². The lowest BCUT2D eigenvalue weighted by Gasteiger charge is -2.39. The van der Waals surface area contributed by atoms with Crippen LogP contribution in [0.4, 0.5) is 0 Å². The first-order valence-electron chi connectivity index (χ1n) is 6.97. The number of carbonyl (C=O) groups excluding carboxylic acids is 1. The van der Waals surface area contributed by atoms with Gasteiger partial charge in [0.2, 0.25) is 9.84 Å². The second-order valence-electron chi connectivity index (χ2n) is 5.32. The zero-order chi connectivity index (χ0) is 18.1. The van der Waals surface area contributed by atoms with Gasteiger partial charge < -0.3 is 24.8 Å². The van der Waals surface area contributed by atoms with Gasteiger partial charge in [-0.25, -0.2) is 8.42 Å². The fraction of sp³-hybridized carbons (Fsp3) is 0.500. The molecule has 1 aliphatic rings. The molecule has 24 heavy (non-hydrogen) atoms. The molecule has 3 N–H and O–H groups in total. The molecule has 0 radical (unpaired) electrons. The van der Waals surface area contributed by atoms with Crippen LogP contribution in [0.2, 0.25) is 0 Å². The molecule has 0 amide bonds. The van der Waals surface area contributed by atoms with Crippen LogP contribution in [0.5, 0.6) is 0 Å². The summed E-state index contributed by atoms with van der Waals surface area (Å²) in [6.07, 6.45) is -6.52. The standard InChI is InChI=1S/C14H17BrO8S/c1-7(16)22-6-10-11(17)12(18)13(19)14(23-10)24(20,21)9-4-2-8(15)3-5-9/h2-5,10-14,17-19H,6H2,1H3/t10-,11-,12+,13-,14+/m1/s1. The Morgan fingerprint density at radius 3 is 2.29 bits per heavy atom. The number of benzene rings is 1. The maximum atomic E-state index is 12.6. The molecule has 1 heterocycles. The van der Waals surface area contributed by atoms with E-state index < -0.39 is 52.3 Å². The molecular formula is C14H17BrO8S. The Hall–Kier alpha value is -1.04. The summed E-state index contributed by atoms with van der Waals surface area (Å²) in [6, 6.07) is 5.63. The predicted molar refractivity (Wildman–Crippen MR) is 84.6 cm³/mol. The molecule has 10 heteroatoms. The summed E-state index contributed by atoms with van der Waals surface area (Å²) in [5, 5.41) is 29.8. The van der Waals surface area contributed by atoms with Crippen LogP contribution in [0.25, 0.3) is 0 Å². The molecule has 5 atom stereocenters. The zero-order valence-corrected chi connectivity index (χ0v) is 15.0. The summed E-state index contributed by atoms with van der Waals surface area (Å²) in [5.74, 6) is -0.654. The Morgan fingerprint density at radius 2 is 1.75 bits per heavy atom. The lowest BCUT2D eigenvalue weighted by molar-refractivity contribution is -0.211. The molecule has 0 bridgehead atoms. The smallest absolute Gasteiger partial charge is 0.302 e. The number of ether oxygens (including phenoxy) is 2. The van der Waals surface area contributed by atoms with Crippen molar-refractivity contribution in [3.63, 3.8) is 0 Å². The average Bonchev–Trinajstić information content (AvgIpc) is 2.52. The molecule has 1 aromatic rings. The third-order valence-electron chi connectivity index (χ3n) is 3.57. The molecule has 0 spiro atoms. The summed E-state index contributed by atoms with van der Waals surface area (Å²) < 4.78 is 35.9. The first-order chi connectivity index (χ1) is 11.1. The highest BCUT2D eigenvalue weighted by Crippen LogP contribution is 2.29. The van der Waals surface area contributed by atoms with Gasteiger partial charge in [0.25, 0.3) is 0 Å². The van der Waals surface area contributed by atoms with Gasteiger partial charge in [-0.1, -0.05) is 15.9 Å². The third kappa shape index (κ3) is 3.95. The molecule has 1 aromatic carbocycles. The number of rotatable bonds is 4. The minimum atomic E-state index is -4.16. The number of hydrogen-bond donors (Lipinski definition) is 3. The number of esters is 1. The number of sulfone groups is 1. The highest BCUT2D eigenvalue weighted by Gasteiger charge is 2.49. The van der Waals surface area contributed by atoms with Gasteiger partial charge in [-0.15, -0.1) is 0 Å². The molecule has 1 fully saturated rings. The number of carbonyl (C=O) groups is 1. The number of aliphatic hydroxyl groups is 3. The first kappa shape index (κ1) is 19.3. The van der Waals surface area contributed by atoms with E-state index in [0.29, 0.717) is 4.47 Å². The highest BCUT2D eigenvalue weighted by atomic mass is 79.9. The topological polar surface area (TPSA) is 130 Å². The second-order valence-corrected chi connectivity index (χ2v) is 8.26. The van der Waals surface area contributed by atoms with Crippen LogP contribution in [-0.2, 0) is 24.1 Å². The molecular weight excluding hydrogens is 408 g/mol. The van der Waals surface area contributed by atoms with Crippen molar-refractivity contribution in [3.05, 3.63) is 28.7 Å². The van der Waals surface area contributed by atoms with E-state index in [4.69, 9.17) is 9.47 Å². The summed E-state index contributed by atoms with van der Waals surface area (Å²) in [7, 11) is -4.16. The zero-order valence-electron chi connectivity index (χ0n) is 12.6. The van der Waals surface area contributed by atoms with E-state index in [1.54, 1.807) is 0 Å². The van der Waals surface area contributed by atoms with Crippen LogP contribution < -0.4 is 0 Å². The van der Waals surface area contributed by atoms with Crippen molar-refractivity contribution >= 4 is 31.7 Å². The number of halogens is 1. The van der Waals surface area contributed by atoms with Crippen LogP contribution in [0, 0.1) is 0 Å². The molecule has 0 aromatic heterocycles. The maximum Gasteiger partial charge on any atom is 0.302 e. The maximum absolute atomic E-state index is 12.6. The van der Waals surface area contributed by atoms with Crippen molar-refractivity contribution < 1.29 is 38.0 Å². The Balaban J connectivity index is 2.29. The van der Waals surface area contributed by atoms with Crippen LogP contribution in [0.1, 0.15) is 6.92 Å². The fourth-order valence-corrected chi connectivity index (χ4v) is 4.13. The SMILES string of the molecule is CC(=O)OC[C@H]1O[C@@H](S(=O)(=O)c2ccc(Br)cc2)[C@H](O)[C@@H](O)[C@@H]1O. The van der Waals surface area contributed by atoms with Crippen molar-refractivity contribution in [3.8, 4) is 0 Å². The van der Waals surface area contributed by atoms with Crippen molar-refractivity contribution in [1.29, 1.82) is 0 Å². The Bertz CT molecular complexity index is 689. The lowest BCUT2D eigenvalue weighted by Crippen LogP contribution is -2.60. The molecule has 1 saturated heterocycles. The van der Waals surface area contributed by atoms with Crippen molar-refractivity contribution in [2.24, 2.45) is 0 Å². The average molecular weight is 425 g/mol. The quantitative estimate of drug-likeness (QED) is 0.556. The summed E-state index contributed by atoms with van der Waals surface area (Å²) in [4.78, 5) is 10.8. The molecule has 0 unspecified atom stereocenters. The van der Waals surface area contributed by atoms with Crippen molar-refractivity contribution in [1.82, 2.24) is 0 Å². The van der Waals surface area contributed by atoms with Gasteiger partial charge in [0.1, 0.15) is 31.0 Å². The van der Waals surface area contributed by atoms with E-state index in [-0.39, 0.29) is 4.90 Å². The third-order valence-corrected chi connectivity index (χ3v) is 6.03. The predicted octanol–water partition coefficient (Wildman–Crippen LogP) is -0.407. The van der Waals surface area contributed by atoms with Gasteiger partial charge in [0, 0.05) is 11.4 Å². The van der Waals surface area contributed by atoms with Crippen LogP contribution in [-0.4, -0.2) is 66.2 Å². The minimum Gasteiger partial charge on any atom is -0.463 e. The summed E-state index contributed by atoms with van der Waals surface area (Å²) in [6.45, 7) is 0.684. The van der Waals surface area contributed by atoms with Gasteiger partial charge in [-0.2, -0.15) is 0 Å². The first-order valence-corrected chi connectivity index (χ1v) is 9.31. The van der Waals surface area contributed by atoms with E-state index in [1.165, 1.54) is 24.3 Å². The van der Waals surface area contributed by atoms with E-state index in [1.807, 2.05) is 0 Å². The van der Waals surface area contributed by atoms with Gasteiger partial charge in [0.05, 0.1) is 4.90 Å². The monoisotopic (exact) mass is 424 g/mol. The molecule has 0 aliphatic carbocycles. The van der Waals surface area contributed by atoms with E-state index in [0.717, 1.165) is 6.92 Å². The molecule has 134 valence electrons. The Morgan fingerprint density at radius 1 is 1.17 bits per heavy atom.